The van der Waals surface area contributed by atoms with Crippen LogP contribution in [0, 0.1) is 0 Å². The number of carboxylic acid groups (broad SMARTS) is 1. The van der Waals surface area contributed by atoms with E-state index in [9.17, 15) is 4.79 Å². The van der Waals surface area contributed by atoms with Crippen LogP contribution >= 0.6 is 0 Å². The molecule has 1 aliphatic rings. The molecule has 0 spiro atoms. The number of hydrogen-bond acceptors (Lipinski definition) is 3. The van der Waals surface area contributed by atoms with Gasteiger partial charge in [0.1, 0.15) is 5.82 Å². The second-order valence-corrected chi connectivity index (χ2v) is 3.40. The molecule has 1 aliphatic heterocycles. The molecule has 0 aromatic carbocycles. The van der Waals surface area contributed by atoms with Crippen LogP contribution in [0.15, 0.2) is 18.3 Å². The smallest absolute Gasteiger partial charge is 0.335 e. The van der Waals surface area contributed by atoms with Crippen molar-refractivity contribution < 1.29 is 9.90 Å². The zero-order chi connectivity index (χ0) is 9.97. The monoisotopic (exact) mass is 192 g/mol. The summed E-state index contributed by atoms with van der Waals surface area (Å²) in [5, 5.41) is 8.81. The van der Waals surface area contributed by atoms with E-state index < -0.39 is 5.97 Å². The fourth-order valence-electron chi connectivity index (χ4n) is 1.67. The van der Waals surface area contributed by atoms with Gasteiger partial charge in [-0.05, 0) is 25.0 Å². The average Bonchev–Trinajstić information content (AvgIpc) is 2.71. The van der Waals surface area contributed by atoms with Gasteiger partial charge in [-0.3, -0.25) is 0 Å². The maximum atomic E-state index is 10.7. The summed E-state index contributed by atoms with van der Waals surface area (Å²) < 4.78 is 0. The third-order valence-corrected chi connectivity index (χ3v) is 2.42. The van der Waals surface area contributed by atoms with Crippen molar-refractivity contribution in [2.75, 3.05) is 18.0 Å². The molecule has 1 aromatic heterocycles. The first-order valence-corrected chi connectivity index (χ1v) is 4.71. The molecule has 2 rings (SSSR count). The summed E-state index contributed by atoms with van der Waals surface area (Å²) in [6, 6.07) is 3.15. The van der Waals surface area contributed by atoms with E-state index >= 15 is 0 Å². The molecule has 0 unspecified atom stereocenters. The summed E-state index contributed by atoms with van der Waals surface area (Å²) in [6.45, 7) is 1.96. The van der Waals surface area contributed by atoms with Crippen LogP contribution < -0.4 is 4.90 Å². The van der Waals surface area contributed by atoms with Gasteiger partial charge in [0.2, 0.25) is 0 Å². The lowest BCUT2D eigenvalue weighted by atomic mass is 10.2. The topological polar surface area (TPSA) is 53.4 Å². The Hall–Kier alpha value is -1.58. The summed E-state index contributed by atoms with van der Waals surface area (Å²) in [6.07, 6.45) is 3.88. The van der Waals surface area contributed by atoms with Gasteiger partial charge in [0.05, 0.1) is 5.56 Å². The van der Waals surface area contributed by atoms with Crippen molar-refractivity contribution in [3.63, 3.8) is 0 Å². The fourth-order valence-corrected chi connectivity index (χ4v) is 1.67. The number of carboxylic acids is 1. The molecule has 0 saturated carbocycles. The molecule has 1 N–H and O–H groups in total. The number of nitrogens with zero attached hydrogens (tertiary/aromatic N) is 2. The Kier molecular flexibility index (Phi) is 2.35. The lowest BCUT2D eigenvalue weighted by molar-refractivity contribution is 0.0697. The molecule has 0 aliphatic carbocycles. The van der Waals surface area contributed by atoms with Crippen LogP contribution in [0.25, 0.3) is 0 Å². The predicted octanol–water partition coefficient (Wildman–Crippen LogP) is 1.38. The summed E-state index contributed by atoms with van der Waals surface area (Å²) >= 11 is 0. The number of carbonyl (C=O) groups is 1. The second-order valence-electron chi connectivity index (χ2n) is 3.40. The Bertz CT molecular complexity index is 346. The molecule has 1 aromatic rings. The first-order valence-electron chi connectivity index (χ1n) is 4.71. The van der Waals surface area contributed by atoms with Gasteiger partial charge in [-0.25, -0.2) is 9.78 Å². The molecule has 14 heavy (non-hydrogen) atoms. The van der Waals surface area contributed by atoms with E-state index in [0.717, 1.165) is 18.9 Å². The number of aromatic nitrogens is 1. The van der Waals surface area contributed by atoms with Crippen LogP contribution in [0.1, 0.15) is 23.2 Å². The normalized spacial score (nSPS) is 15.9. The van der Waals surface area contributed by atoms with E-state index in [0.29, 0.717) is 5.56 Å². The Morgan fingerprint density at radius 3 is 2.79 bits per heavy atom. The van der Waals surface area contributed by atoms with Crippen LogP contribution in [0.3, 0.4) is 0 Å². The Morgan fingerprint density at radius 2 is 2.14 bits per heavy atom. The Balaban J connectivity index is 2.25. The van der Waals surface area contributed by atoms with Crippen LogP contribution in [0.4, 0.5) is 5.82 Å². The van der Waals surface area contributed by atoms with Crippen molar-refractivity contribution in [2.45, 2.75) is 12.8 Å². The third kappa shape index (κ3) is 1.69. The van der Waals surface area contributed by atoms with Gasteiger partial charge in [0, 0.05) is 19.3 Å². The third-order valence-electron chi connectivity index (χ3n) is 2.42. The van der Waals surface area contributed by atoms with Crippen molar-refractivity contribution in [2.24, 2.45) is 0 Å². The summed E-state index contributed by atoms with van der Waals surface area (Å²) in [5.74, 6) is -0.116. The van der Waals surface area contributed by atoms with Crippen LogP contribution in [0.5, 0.6) is 0 Å². The van der Waals surface area contributed by atoms with E-state index in [-0.39, 0.29) is 0 Å². The zero-order valence-electron chi connectivity index (χ0n) is 7.81. The Labute approximate surface area is 82.2 Å². The maximum absolute atomic E-state index is 10.7. The molecular formula is C10H12N2O2. The summed E-state index contributed by atoms with van der Waals surface area (Å²) in [4.78, 5) is 17.0. The molecule has 0 atom stereocenters. The van der Waals surface area contributed by atoms with Crippen molar-refractivity contribution in [3.8, 4) is 0 Å². The lowest BCUT2D eigenvalue weighted by Gasteiger charge is -2.15. The predicted molar refractivity (Wildman–Crippen MR) is 52.6 cm³/mol. The van der Waals surface area contributed by atoms with Gasteiger partial charge in [-0.2, -0.15) is 0 Å². The molecule has 0 bridgehead atoms. The van der Waals surface area contributed by atoms with Crippen LogP contribution in [-0.4, -0.2) is 29.1 Å². The van der Waals surface area contributed by atoms with Gasteiger partial charge in [-0.1, -0.05) is 0 Å². The highest BCUT2D eigenvalue weighted by Gasteiger charge is 2.14. The summed E-state index contributed by atoms with van der Waals surface area (Å²) in [5.41, 5.74) is 0.307. The van der Waals surface area contributed by atoms with Gasteiger partial charge in [0.25, 0.3) is 0 Å². The van der Waals surface area contributed by atoms with Crippen molar-refractivity contribution in [3.05, 3.63) is 23.9 Å². The van der Waals surface area contributed by atoms with Crippen LogP contribution in [-0.2, 0) is 0 Å². The van der Waals surface area contributed by atoms with E-state index in [2.05, 4.69) is 9.88 Å². The molecule has 0 amide bonds. The Morgan fingerprint density at radius 1 is 1.43 bits per heavy atom. The highest BCUT2D eigenvalue weighted by Crippen LogP contribution is 2.18. The lowest BCUT2D eigenvalue weighted by Crippen LogP contribution is -2.19. The minimum Gasteiger partial charge on any atom is -0.478 e. The molecule has 1 fully saturated rings. The van der Waals surface area contributed by atoms with Gasteiger partial charge in [0.15, 0.2) is 0 Å². The van der Waals surface area contributed by atoms with E-state index in [4.69, 9.17) is 5.11 Å². The summed E-state index contributed by atoms with van der Waals surface area (Å²) in [7, 11) is 0. The first kappa shape index (κ1) is 8.99. The van der Waals surface area contributed by atoms with E-state index in [1.54, 1.807) is 12.3 Å². The maximum Gasteiger partial charge on any atom is 0.335 e. The number of aromatic carboxylic acids is 1. The largest absolute Gasteiger partial charge is 0.478 e. The quantitative estimate of drug-likeness (QED) is 0.769. The molecule has 0 radical (unpaired) electrons. The van der Waals surface area contributed by atoms with Gasteiger partial charge < -0.3 is 10.0 Å². The molecule has 1 saturated heterocycles. The van der Waals surface area contributed by atoms with Crippen molar-refractivity contribution in [1.29, 1.82) is 0 Å². The number of rotatable bonds is 2. The average molecular weight is 192 g/mol. The molecular weight excluding hydrogens is 180 g/mol. The molecule has 2 heterocycles. The van der Waals surface area contributed by atoms with Gasteiger partial charge >= 0.3 is 5.97 Å². The number of anilines is 1. The fraction of sp³-hybridized carbons (Fsp3) is 0.400. The highest BCUT2D eigenvalue weighted by molar-refractivity contribution is 5.88. The van der Waals surface area contributed by atoms with Crippen molar-refractivity contribution in [1.82, 2.24) is 4.98 Å². The van der Waals surface area contributed by atoms with Crippen molar-refractivity contribution >= 4 is 11.8 Å². The molecule has 4 heteroatoms. The zero-order valence-corrected chi connectivity index (χ0v) is 7.81. The first-order chi connectivity index (χ1) is 6.77. The number of pyridine rings is 1. The van der Waals surface area contributed by atoms with Gasteiger partial charge in [-0.15, -0.1) is 0 Å². The second kappa shape index (κ2) is 3.65. The molecule has 74 valence electrons. The van der Waals surface area contributed by atoms with E-state index in [1.165, 1.54) is 18.9 Å². The minimum atomic E-state index is -0.896. The SMILES string of the molecule is O=C(O)c1ccnc(N2CCCC2)c1. The molecule has 4 nitrogen and oxygen atoms in total. The highest BCUT2D eigenvalue weighted by atomic mass is 16.4. The number of hydrogen-bond donors (Lipinski definition) is 1. The van der Waals surface area contributed by atoms with Crippen LogP contribution in [0.2, 0.25) is 0 Å². The van der Waals surface area contributed by atoms with E-state index in [1.807, 2.05) is 0 Å². The standard InChI is InChI=1S/C10H12N2O2/c13-10(14)8-3-4-11-9(7-8)12-5-1-2-6-12/h3-4,7H,1-2,5-6H2,(H,13,14). The minimum absolute atomic E-state index is 0.307.